The first-order chi connectivity index (χ1) is 14.9. The van der Waals surface area contributed by atoms with Gasteiger partial charge < -0.3 is 47.4 Å². The summed E-state index contributed by atoms with van der Waals surface area (Å²) in [5.41, 5.74) is 5.80. The molecule has 0 radical (unpaired) electrons. The third kappa shape index (κ3) is 9.55. The summed E-state index contributed by atoms with van der Waals surface area (Å²) in [7, 11) is 0. The van der Waals surface area contributed by atoms with E-state index in [1.807, 2.05) is 12.2 Å². The highest BCUT2D eigenvalue weighted by Gasteiger charge is 2.30. The number of carbonyl (C=O) groups excluding carboxylic acids is 4. The van der Waals surface area contributed by atoms with Crippen molar-refractivity contribution in [3.63, 3.8) is 0 Å². The number of aliphatic hydroxyl groups is 3. The van der Waals surface area contributed by atoms with Crippen LogP contribution in [0.15, 0.2) is 0 Å². The number of amides is 4. The number of aliphatic hydroxyl groups excluding tert-OH is 3. The number of nitrogens with two attached hydrogens (primary N) is 1. The molecule has 4 amide bonds. The molecule has 0 aromatic heterocycles. The minimum absolute atomic E-state index is 0.174. The molecule has 0 bridgehead atoms. The Morgan fingerprint density at radius 2 is 1.44 bits per heavy atom. The summed E-state index contributed by atoms with van der Waals surface area (Å²) in [5, 5.41) is 45.3. The summed E-state index contributed by atoms with van der Waals surface area (Å²) in [6, 6.07) is -5.49. The summed E-state index contributed by atoms with van der Waals surface area (Å²) in [6.07, 6.45) is -0.695. The zero-order valence-electron chi connectivity index (χ0n) is 18.2. The van der Waals surface area contributed by atoms with E-state index < -0.39 is 79.6 Å². The van der Waals surface area contributed by atoms with Gasteiger partial charge >= 0.3 is 5.97 Å². The monoisotopic (exact) mass is 463 g/mol. The van der Waals surface area contributed by atoms with Crippen molar-refractivity contribution in [1.82, 2.24) is 21.3 Å². The molecule has 0 aromatic rings. The van der Waals surface area contributed by atoms with Crippen LogP contribution in [0.1, 0.15) is 27.2 Å². The predicted octanol–water partition coefficient (Wildman–Crippen LogP) is -4.62. The number of nitrogens with one attached hydrogen (secondary N) is 4. The molecule has 0 aliphatic rings. The van der Waals surface area contributed by atoms with Crippen LogP contribution in [0.3, 0.4) is 0 Å². The van der Waals surface area contributed by atoms with Gasteiger partial charge in [-0.25, -0.2) is 4.79 Å². The Morgan fingerprint density at radius 3 is 1.88 bits per heavy atom. The number of rotatable bonds is 14. The van der Waals surface area contributed by atoms with E-state index in [4.69, 9.17) is 15.9 Å². The van der Waals surface area contributed by atoms with Crippen LogP contribution >= 0.6 is 0 Å². The van der Waals surface area contributed by atoms with Gasteiger partial charge in [-0.15, -0.1) is 0 Å². The molecule has 0 aliphatic heterocycles. The topological polar surface area (TPSA) is 240 Å². The number of hydrogen-bond acceptors (Lipinski definition) is 9. The Labute approximate surface area is 184 Å². The van der Waals surface area contributed by atoms with Gasteiger partial charge in [-0.05, 0) is 12.8 Å². The normalized spacial score (nSPS) is 16.5. The molecule has 0 spiro atoms. The van der Waals surface area contributed by atoms with Gasteiger partial charge in [-0.3, -0.25) is 19.2 Å². The Bertz CT molecular complexity index is 673. The second-order valence-corrected chi connectivity index (χ2v) is 7.24. The summed E-state index contributed by atoms with van der Waals surface area (Å²) >= 11 is 0. The smallest absolute Gasteiger partial charge is 0.328 e. The van der Waals surface area contributed by atoms with Crippen molar-refractivity contribution in [2.24, 2.45) is 11.7 Å². The number of carbonyl (C=O) groups is 5. The van der Waals surface area contributed by atoms with Gasteiger partial charge in [0, 0.05) is 0 Å². The molecule has 0 aliphatic carbocycles. The van der Waals surface area contributed by atoms with Crippen molar-refractivity contribution in [2.45, 2.75) is 57.5 Å². The average Bonchev–Trinajstić information content (AvgIpc) is 2.75. The molecule has 32 heavy (non-hydrogen) atoms. The lowest BCUT2D eigenvalue weighted by Gasteiger charge is -2.24. The van der Waals surface area contributed by atoms with E-state index in [1.54, 1.807) is 6.92 Å². The molecular weight excluding hydrogens is 430 g/mol. The quantitative estimate of drug-likeness (QED) is 0.119. The highest BCUT2D eigenvalue weighted by atomic mass is 16.4. The largest absolute Gasteiger partial charge is 0.480 e. The fraction of sp³-hybridized carbons (Fsp3) is 0.722. The van der Waals surface area contributed by atoms with Crippen LogP contribution in [0.25, 0.3) is 0 Å². The molecule has 0 rings (SSSR count). The van der Waals surface area contributed by atoms with Gasteiger partial charge in [0.25, 0.3) is 0 Å². The van der Waals surface area contributed by atoms with Crippen molar-refractivity contribution in [3.05, 3.63) is 0 Å². The molecule has 14 nitrogen and oxygen atoms in total. The first-order valence-electron chi connectivity index (χ1n) is 9.95. The van der Waals surface area contributed by atoms with Gasteiger partial charge in [-0.1, -0.05) is 20.3 Å². The molecule has 0 heterocycles. The molecule has 14 heteroatoms. The summed E-state index contributed by atoms with van der Waals surface area (Å²) < 4.78 is 0. The Morgan fingerprint density at radius 1 is 0.875 bits per heavy atom. The van der Waals surface area contributed by atoms with Crippen LogP contribution in [0.2, 0.25) is 0 Å². The maximum atomic E-state index is 12.3. The molecule has 0 saturated heterocycles. The van der Waals surface area contributed by atoms with E-state index in [2.05, 4.69) is 16.0 Å². The Kier molecular flexibility index (Phi) is 13.0. The zero-order chi connectivity index (χ0) is 25.0. The van der Waals surface area contributed by atoms with E-state index in [1.165, 1.54) is 6.92 Å². The Hall–Kier alpha value is -2.81. The second-order valence-electron chi connectivity index (χ2n) is 7.24. The minimum atomic E-state index is -1.63. The lowest BCUT2D eigenvalue weighted by Crippen LogP contribution is -2.58. The van der Waals surface area contributed by atoms with Crippen molar-refractivity contribution in [1.29, 1.82) is 0 Å². The van der Waals surface area contributed by atoms with Crippen LogP contribution in [-0.4, -0.2) is 100 Å². The molecule has 2 unspecified atom stereocenters. The average molecular weight is 463 g/mol. The first kappa shape index (κ1) is 29.2. The van der Waals surface area contributed by atoms with Gasteiger partial charge in [0.15, 0.2) is 0 Å². The summed E-state index contributed by atoms with van der Waals surface area (Å²) in [5.74, 6) is -5.23. The van der Waals surface area contributed by atoms with Crippen LogP contribution < -0.4 is 27.0 Å². The lowest BCUT2D eigenvalue weighted by molar-refractivity contribution is -0.143. The van der Waals surface area contributed by atoms with Gasteiger partial charge in [0.05, 0.1) is 31.9 Å². The SMILES string of the molecule is CCC(C)C(N)C(=O)N[C@H](C(=O)NCC(=O)N[C@@H](CO)C(=O)N[C@@H](CO)C(=O)O)[C@H](C)O. The fourth-order valence-electron chi connectivity index (χ4n) is 2.34. The zero-order valence-corrected chi connectivity index (χ0v) is 18.2. The predicted molar refractivity (Wildman–Crippen MR) is 110 cm³/mol. The third-order valence-corrected chi connectivity index (χ3v) is 4.68. The summed E-state index contributed by atoms with van der Waals surface area (Å²) in [6.45, 7) is 2.37. The summed E-state index contributed by atoms with van der Waals surface area (Å²) in [4.78, 5) is 59.3. The van der Waals surface area contributed by atoms with E-state index in [0.29, 0.717) is 6.42 Å². The van der Waals surface area contributed by atoms with Crippen LogP contribution in [0.5, 0.6) is 0 Å². The number of aliphatic carboxylic acids is 1. The molecule has 6 atom stereocenters. The van der Waals surface area contributed by atoms with Crippen molar-refractivity contribution in [2.75, 3.05) is 19.8 Å². The number of carboxylic acids is 1. The molecule has 184 valence electrons. The van der Waals surface area contributed by atoms with Crippen molar-refractivity contribution < 1.29 is 44.4 Å². The third-order valence-electron chi connectivity index (χ3n) is 4.68. The second kappa shape index (κ2) is 14.3. The molecule has 0 aromatic carbocycles. The maximum absolute atomic E-state index is 12.3. The minimum Gasteiger partial charge on any atom is -0.480 e. The van der Waals surface area contributed by atoms with Gasteiger partial charge in [0.2, 0.25) is 23.6 Å². The van der Waals surface area contributed by atoms with E-state index in [0.717, 1.165) is 0 Å². The van der Waals surface area contributed by atoms with E-state index in [9.17, 15) is 34.2 Å². The number of carboxylic acid groups (broad SMARTS) is 1. The van der Waals surface area contributed by atoms with Crippen LogP contribution in [-0.2, 0) is 24.0 Å². The highest BCUT2D eigenvalue weighted by Crippen LogP contribution is 2.06. The lowest BCUT2D eigenvalue weighted by atomic mass is 9.99. The Balaban J connectivity index is 4.88. The van der Waals surface area contributed by atoms with Gasteiger partial charge in [-0.2, -0.15) is 0 Å². The highest BCUT2D eigenvalue weighted by molar-refractivity contribution is 5.94. The maximum Gasteiger partial charge on any atom is 0.328 e. The van der Waals surface area contributed by atoms with Crippen LogP contribution in [0, 0.1) is 5.92 Å². The standard InChI is InChI=1S/C18H33N5O9/c1-4-8(2)13(19)16(29)23-14(9(3)26)17(30)20-5-12(27)21-10(6-24)15(28)22-11(7-25)18(31)32/h8-11,13-14,24-26H,4-7,19H2,1-3H3,(H,20,30)(H,21,27)(H,22,28)(H,23,29)(H,31,32)/t8?,9-,10-,11-,13?,14-/m0/s1. The van der Waals surface area contributed by atoms with Crippen molar-refractivity contribution >= 4 is 29.6 Å². The molecule has 10 N–H and O–H groups in total. The molecule has 0 saturated carbocycles. The fourth-order valence-corrected chi connectivity index (χ4v) is 2.34. The van der Waals surface area contributed by atoms with E-state index >= 15 is 0 Å². The van der Waals surface area contributed by atoms with Crippen LogP contribution in [0.4, 0.5) is 0 Å². The number of hydrogen-bond donors (Lipinski definition) is 9. The molecule has 0 fully saturated rings. The molecular formula is C18H33N5O9. The van der Waals surface area contributed by atoms with E-state index in [-0.39, 0.29) is 5.92 Å². The first-order valence-corrected chi connectivity index (χ1v) is 9.95. The van der Waals surface area contributed by atoms with Crippen molar-refractivity contribution in [3.8, 4) is 0 Å². The van der Waals surface area contributed by atoms with Gasteiger partial charge in [0.1, 0.15) is 18.1 Å².